The molecule has 2 aliphatic heterocycles. The average molecular weight is 267 g/mol. The van der Waals surface area contributed by atoms with Crippen molar-refractivity contribution in [2.75, 3.05) is 24.5 Å². The van der Waals surface area contributed by atoms with Crippen molar-refractivity contribution in [2.24, 2.45) is 0 Å². The second-order valence-corrected chi connectivity index (χ2v) is 5.73. The zero-order chi connectivity index (χ0) is 12.5. The predicted molar refractivity (Wildman–Crippen MR) is 73.1 cm³/mol. The van der Waals surface area contributed by atoms with E-state index in [1.165, 1.54) is 25.8 Å². The Morgan fingerprint density at radius 3 is 3.00 bits per heavy atom. The second-order valence-electron chi connectivity index (χ2n) is 5.34. The van der Waals surface area contributed by atoms with E-state index in [-0.39, 0.29) is 0 Å². The summed E-state index contributed by atoms with van der Waals surface area (Å²) in [6, 6.07) is 3.05. The number of fused-ring (bicyclic) bond motifs is 1. The Balaban J connectivity index is 1.80. The van der Waals surface area contributed by atoms with E-state index in [9.17, 15) is 0 Å². The number of halogens is 1. The van der Waals surface area contributed by atoms with Gasteiger partial charge in [0, 0.05) is 31.2 Å². The fourth-order valence-corrected chi connectivity index (χ4v) is 3.29. The summed E-state index contributed by atoms with van der Waals surface area (Å²) in [6.07, 6.45) is 5.57. The Morgan fingerprint density at radius 2 is 2.17 bits per heavy atom. The van der Waals surface area contributed by atoms with Crippen LogP contribution in [0.2, 0.25) is 5.15 Å². The third kappa shape index (κ3) is 2.31. The summed E-state index contributed by atoms with van der Waals surface area (Å²) < 4.78 is 0. The molecule has 0 spiro atoms. The maximum atomic E-state index is 5.96. The van der Waals surface area contributed by atoms with Gasteiger partial charge < -0.3 is 4.90 Å². The molecule has 3 heterocycles. The van der Waals surface area contributed by atoms with Gasteiger partial charge in [-0.05, 0) is 26.3 Å². The monoisotopic (exact) mass is 266 g/mol. The van der Waals surface area contributed by atoms with Crippen LogP contribution >= 0.6 is 11.6 Å². The average Bonchev–Trinajstić information content (AvgIpc) is 2.38. The molecule has 1 aromatic heterocycles. The first-order valence-electron chi connectivity index (χ1n) is 6.72. The van der Waals surface area contributed by atoms with E-state index in [1.807, 2.05) is 6.07 Å². The topological polar surface area (TPSA) is 32.3 Å². The Morgan fingerprint density at radius 1 is 1.28 bits per heavy atom. The molecule has 3 rings (SSSR count). The fourth-order valence-electron chi connectivity index (χ4n) is 3.15. The van der Waals surface area contributed by atoms with Gasteiger partial charge in [-0.25, -0.2) is 9.97 Å². The van der Waals surface area contributed by atoms with Crippen LogP contribution < -0.4 is 4.90 Å². The molecule has 18 heavy (non-hydrogen) atoms. The number of hydrogen-bond donors (Lipinski definition) is 0. The SMILES string of the molecule is CC1CN2CCCCC2CN1c1cc(Cl)ncn1. The summed E-state index contributed by atoms with van der Waals surface area (Å²) >= 11 is 5.96. The van der Waals surface area contributed by atoms with Gasteiger partial charge in [-0.2, -0.15) is 0 Å². The fraction of sp³-hybridized carbons (Fsp3) is 0.692. The molecule has 0 amide bonds. The molecule has 0 aromatic carbocycles. The molecule has 98 valence electrons. The van der Waals surface area contributed by atoms with Crippen molar-refractivity contribution in [3.63, 3.8) is 0 Å². The van der Waals surface area contributed by atoms with Gasteiger partial charge in [0.1, 0.15) is 17.3 Å². The van der Waals surface area contributed by atoms with Crippen molar-refractivity contribution in [3.05, 3.63) is 17.5 Å². The van der Waals surface area contributed by atoms with Crippen LogP contribution in [0.3, 0.4) is 0 Å². The maximum absolute atomic E-state index is 5.96. The first-order chi connectivity index (χ1) is 8.74. The number of piperidine rings is 1. The number of piperazine rings is 1. The minimum absolute atomic E-state index is 0.491. The van der Waals surface area contributed by atoms with E-state index in [1.54, 1.807) is 6.33 Å². The van der Waals surface area contributed by atoms with Crippen molar-refractivity contribution in [3.8, 4) is 0 Å². The van der Waals surface area contributed by atoms with Crippen molar-refractivity contribution >= 4 is 17.4 Å². The molecule has 0 aliphatic carbocycles. The molecule has 5 heteroatoms. The first kappa shape index (κ1) is 12.2. The number of aromatic nitrogens is 2. The summed E-state index contributed by atoms with van der Waals surface area (Å²) in [5, 5.41) is 0.526. The van der Waals surface area contributed by atoms with Gasteiger partial charge in [0.2, 0.25) is 0 Å². The quantitative estimate of drug-likeness (QED) is 0.730. The van der Waals surface area contributed by atoms with Crippen LogP contribution in [0, 0.1) is 0 Å². The van der Waals surface area contributed by atoms with Crippen molar-refractivity contribution < 1.29 is 0 Å². The van der Waals surface area contributed by atoms with E-state index in [4.69, 9.17) is 11.6 Å². The molecule has 0 radical (unpaired) electrons. The van der Waals surface area contributed by atoms with Gasteiger partial charge in [0.25, 0.3) is 0 Å². The van der Waals surface area contributed by atoms with Gasteiger partial charge in [-0.15, -0.1) is 0 Å². The highest BCUT2D eigenvalue weighted by molar-refractivity contribution is 6.29. The van der Waals surface area contributed by atoms with Gasteiger partial charge in [-0.1, -0.05) is 18.0 Å². The zero-order valence-electron chi connectivity index (χ0n) is 10.7. The van der Waals surface area contributed by atoms with E-state index >= 15 is 0 Å². The molecule has 2 unspecified atom stereocenters. The molecule has 4 nitrogen and oxygen atoms in total. The summed E-state index contributed by atoms with van der Waals surface area (Å²) in [4.78, 5) is 13.3. The molecular formula is C13H19ClN4. The molecule has 0 saturated carbocycles. The predicted octanol–water partition coefficient (Wildman–Crippen LogP) is 2.19. The highest BCUT2D eigenvalue weighted by Gasteiger charge is 2.33. The normalized spacial score (nSPS) is 29.1. The smallest absolute Gasteiger partial charge is 0.134 e. The van der Waals surface area contributed by atoms with Crippen LogP contribution in [0.15, 0.2) is 12.4 Å². The molecule has 2 saturated heterocycles. The molecule has 2 fully saturated rings. The lowest BCUT2D eigenvalue weighted by molar-refractivity contribution is 0.115. The number of anilines is 1. The largest absolute Gasteiger partial charge is 0.351 e. The Labute approximate surface area is 113 Å². The van der Waals surface area contributed by atoms with Crippen molar-refractivity contribution in [1.29, 1.82) is 0 Å². The number of hydrogen-bond acceptors (Lipinski definition) is 4. The maximum Gasteiger partial charge on any atom is 0.134 e. The van der Waals surface area contributed by atoms with Gasteiger partial charge in [-0.3, -0.25) is 4.90 Å². The van der Waals surface area contributed by atoms with Crippen LogP contribution in [0.1, 0.15) is 26.2 Å². The highest BCUT2D eigenvalue weighted by Crippen LogP contribution is 2.27. The highest BCUT2D eigenvalue weighted by atomic mass is 35.5. The molecule has 2 aliphatic rings. The van der Waals surface area contributed by atoms with Crippen LogP contribution in [0.5, 0.6) is 0 Å². The summed E-state index contributed by atoms with van der Waals surface area (Å²) in [5.74, 6) is 0.965. The lowest BCUT2D eigenvalue weighted by Crippen LogP contribution is -2.59. The lowest BCUT2D eigenvalue weighted by atomic mass is 9.97. The van der Waals surface area contributed by atoms with Crippen LogP contribution in [-0.2, 0) is 0 Å². The number of nitrogens with zero attached hydrogens (tertiary/aromatic N) is 4. The second kappa shape index (κ2) is 5.02. The first-order valence-corrected chi connectivity index (χ1v) is 7.10. The lowest BCUT2D eigenvalue weighted by Gasteiger charge is -2.47. The molecule has 0 bridgehead atoms. The van der Waals surface area contributed by atoms with Gasteiger partial charge in [0.05, 0.1) is 0 Å². The van der Waals surface area contributed by atoms with E-state index in [0.29, 0.717) is 17.2 Å². The third-order valence-corrected chi connectivity index (χ3v) is 4.31. The molecule has 1 aromatic rings. The third-order valence-electron chi connectivity index (χ3n) is 4.10. The van der Waals surface area contributed by atoms with E-state index in [2.05, 4.69) is 26.7 Å². The van der Waals surface area contributed by atoms with Crippen molar-refractivity contribution in [1.82, 2.24) is 14.9 Å². The standard InChI is InChI=1S/C13H19ClN4/c1-10-7-17-5-3-2-4-11(17)8-18(10)13-6-12(14)15-9-16-13/h6,9-11H,2-5,7-8H2,1H3. The Hall–Kier alpha value is -0.870. The van der Waals surface area contributed by atoms with Crippen molar-refractivity contribution in [2.45, 2.75) is 38.3 Å². The minimum Gasteiger partial charge on any atom is -0.351 e. The molecular weight excluding hydrogens is 248 g/mol. The van der Waals surface area contributed by atoms with E-state index in [0.717, 1.165) is 18.9 Å². The minimum atomic E-state index is 0.491. The zero-order valence-corrected chi connectivity index (χ0v) is 11.5. The Kier molecular flexibility index (Phi) is 3.39. The van der Waals surface area contributed by atoms with Gasteiger partial charge in [0.15, 0.2) is 0 Å². The van der Waals surface area contributed by atoms with Gasteiger partial charge >= 0.3 is 0 Å². The van der Waals surface area contributed by atoms with Crippen LogP contribution in [-0.4, -0.2) is 46.6 Å². The summed E-state index contributed by atoms with van der Waals surface area (Å²) in [6.45, 7) is 5.72. The van der Waals surface area contributed by atoms with Crippen LogP contribution in [0.4, 0.5) is 5.82 Å². The summed E-state index contributed by atoms with van der Waals surface area (Å²) in [5.41, 5.74) is 0. The Bertz CT molecular complexity index is 425. The van der Waals surface area contributed by atoms with Crippen LogP contribution in [0.25, 0.3) is 0 Å². The molecule has 2 atom stereocenters. The molecule has 0 N–H and O–H groups in total. The van der Waals surface area contributed by atoms with E-state index < -0.39 is 0 Å². The summed E-state index contributed by atoms with van der Waals surface area (Å²) in [7, 11) is 0. The number of rotatable bonds is 1.